The molecule has 0 unspecified atom stereocenters. The van der Waals surface area contributed by atoms with Crippen LogP contribution in [0.1, 0.15) is 0 Å². The lowest BCUT2D eigenvalue weighted by Gasteiger charge is -2.14. The van der Waals surface area contributed by atoms with E-state index < -0.39 is 0 Å². The predicted molar refractivity (Wildman–Crippen MR) is 207 cm³/mol. The summed E-state index contributed by atoms with van der Waals surface area (Å²) in [5.41, 5.74) is 8.57. The third kappa shape index (κ3) is 3.68. The van der Waals surface area contributed by atoms with Crippen LogP contribution in [0, 0.1) is 0 Å². The van der Waals surface area contributed by atoms with E-state index in [4.69, 9.17) is 9.97 Å². The second-order valence-electron chi connectivity index (χ2n) is 12.5. The van der Waals surface area contributed by atoms with Crippen molar-refractivity contribution in [3.05, 3.63) is 158 Å². The number of rotatable bonds is 3. The average molecular weight is 643 g/mol. The summed E-state index contributed by atoms with van der Waals surface area (Å²) in [5, 5.41) is 8.52. The molecule has 0 aliphatic rings. The molecular weight excluding hydrogens is 617 g/mol. The summed E-state index contributed by atoms with van der Waals surface area (Å²) >= 11 is 1.89. The molecule has 49 heavy (non-hydrogen) atoms. The molecule has 5 heteroatoms. The van der Waals surface area contributed by atoms with Crippen LogP contribution in [0.2, 0.25) is 0 Å². The van der Waals surface area contributed by atoms with E-state index >= 15 is 0 Å². The van der Waals surface area contributed by atoms with Gasteiger partial charge in [0, 0.05) is 58.4 Å². The van der Waals surface area contributed by atoms with E-state index in [0.29, 0.717) is 5.95 Å². The lowest BCUT2D eigenvalue weighted by molar-refractivity contribution is 1.01. The fourth-order valence-corrected chi connectivity index (χ4v) is 9.18. The van der Waals surface area contributed by atoms with Crippen LogP contribution < -0.4 is 0 Å². The van der Waals surface area contributed by atoms with Crippen molar-refractivity contribution in [2.75, 3.05) is 0 Å². The van der Waals surface area contributed by atoms with Gasteiger partial charge in [-0.2, -0.15) is 0 Å². The van der Waals surface area contributed by atoms with E-state index in [1.807, 2.05) is 11.3 Å². The van der Waals surface area contributed by atoms with E-state index in [9.17, 15) is 0 Å². The number of benzene rings is 7. The molecular formula is C44H26N4S. The van der Waals surface area contributed by atoms with Crippen LogP contribution in [-0.2, 0) is 0 Å². The highest BCUT2D eigenvalue weighted by molar-refractivity contribution is 7.27. The highest BCUT2D eigenvalue weighted by Gasteiger charge is 2.27. The van der Waals surface area contributed by atoms with Gasteiger partial charge < -0.3 is 4.57 Å². The highest BCUT2D eigenvalue weighted by Crippen LogP contribution is 2.51. The number of hydrogen-bond acceptors (Lipinski definition) is 3. The quantitative estimate of drug-likeness (QED) is 0.192. The Morgan fingerprint density at radius 3 is 1.78 bits per heavy atom. The van der Waals surface area contributed by atoms with E-state index in [1.54, 1.807) is 0 Å². The smallest absolute Gasteiger partial charge is 0.235 e. The standard InChI is InChI=1S/C44H26N4S/c1-3-15-27(16-4-1)40-29-19-7-11-23-33(29)45-44(46-40)48-35-25-13-8-20-30(35)37-38-32-22-10-14-26-36(32)49-43(38)39-31-21-9-12-24-34(31)47(42(39)41(37)48)28-17-5-2-6-18-28/h1-26H. The van der Waals surface area contributed by atoms with Crippen LogP contribution in [0.4, 0.5) is 0 Å². The molecule has 0 aliphatic carbocycles. The Morgan fingerprint density at radius 1 is 0.429 bits per heavy atom. The molecule has 228 valence electrons. The molecule has 11 aromatic rings. The molecule has 0 aliphatic heterocycles. The molecule has 0 bridgehead atoms. The highest BCUT2D eigenvalue weighted by atomic mass is 32.1. The third-order valence-electron chi connectivity index (χ3n) is 9.90. The number of aromatic nitrogens is 4. The minimum atomic E-state index is 0.661. The normalized spacial score (nSPS) is 12.1. The van der Waals surface area contributed by atoms with Crippen molar-refractivity contribution in [1.82, 2.24) is 19.1 Å². The first-order valence-electron chi connectivity index (χ1n) is 16.5. The van der Waals surface area contributed by atoms with Crippen molar-refractivity contribution in [1.29, 1.82) is 0 Å². The Balaban J connectivity index is 1.45. The maximum absolute atomic E-state index is 5.45. The zero-order chi connectivity index (χ0) is 32.1. The summed E-state index contributed by atoms with van der Waals surface area (Å²) in [6.07, 6.45) is 0. The van der Waals surface area contributed by atoms with Crippen LogP contribution in [0.5, 0.6) is 0 Å². The van der Waals surface area contributed by atoms with Crippen LogP contribution in [0.3, 0.4) is 0 Å². The summed E-state index contributed by atoms with van der Waals surface area (Å²) in [5.74, 6) is 0.661. The zero-order valence-corrected chi connectivity index (χ0v) is 27.0. The number of nitrogens with zero attached hydrogens (tertiary/aromatic N) is 4. The van der Waals surface area contributed by atoms with Crippen molar-refractivity contribution in [2.24, 2.45) is 0 Å². The van der Waals surface area contributed by atoms with Crippen LogP contribution >= 0.6 is 11.3 Å². The summed E-state index contributed by atoms with van der Waals surface area (Å²) in [4.78, 5) is 10.8. The maximum Gasteiger partial charge on any atom is 0.235 e. The first-order valence-corrected chi connectivity index (χ1v) is 17.3. The average Bonchev–Trinajstić information content (AvgIpc) is 3.83. The second-order valence-corrected chi connectivity index (χ2v) is 13.6. The van der Waals surface area contributed by atoms with Gasteiger partial charge in [-0.25, -0.2) is 9.97 Å². The van der Waals surface area contributed by atoms with Crippen LogP contribution in [0.25, 0.3) is 97.6 Å². The lowest BCUT2D eigenvalue weighted by Crippen LogP contribution is -2.04. The van der Waals surface area contributed by atoms with Gasteiger partial charge in [0.05, 0.1) is 33.3 Å². The van der Waals surface area contributed by atoms with Gasteiger partial charge in [0.15, 0.2) is 0 Å². The Morgan fingerprint density at radius 2 is 1.00 bits per heavy atom. The summed E-state index contributed by atoms with van der Waals surface area (Å²) < 4.78 is 7.37. The topological polar surface area (TPSA) is 35.6 Å². The number of para-hydroxylation sites is 4. The molecule has 0 radical (unpaired) electrons. The molecule has 0 saturated heterocycles. The Kier molecular flexibility index (Phi) is 5.51. The first kappa shape index (κ1) is 26.7. The predicted octanol–water partition coefficient (Wildman–Crippen LogP) is 11.9. The van der Waals surface area contributed by atoms with Crippen molar-refractivity contribution >= 4 is 86.0 Å². The van der Waals surface area contributed by atoms with Crippen LogP contribution in [-0.4, -0.2) is 19.1 Å². The zero-order valence-electron chi connectivity index (χ0n) is 26.2. The van der Waals surface area contributed by atoms with Crippen molar-refractivity contribution < 1.29 is 0 Å². The summed E-state index contributed by atoms with van der Waals surface area (Å²) in [6, 6.07) is 56.0. The third-order valence-corrected chi connectivity index (χ3v) is 11.1. The van der Waals surface area contributed by atoms with Crippen molar-refractivity contribution in [2.45, 2.75) is 0 Å². The van der Waals surface area contributed by atoms with Gasteiger partial charge in [-0.05, 0) is 36.4 Å². The molecule has 0 spiro atoms. The first-order chi connectivity index (χ1) is 24.3. The Bertz CT molecular complexity index is 3100. The number of fused-ring (bicyclic) bond motifs is 13. The van der Waals surface area contributed by atoms with Gasteiger partial charge in [-0.15, -0.1) is 11.3 Å². The molecule has 0 N–H and O–H groups in total. The lowest BCUT2D eigenvalue weighted by atomic mass is 10.0. The molecule has 0 atom stereocenters. The number of thiophene rings is 1. The molecule has 4 nitrogen and oxygen atoms in total. The van der Waals surface area contributed by atoms with Gasteiger partial charge in [-0.1, -0.05) is 121 Å². The Hall–Kier alpha value is -6.30. The minimum Gasteiger partial charge on any atom is -0.307 e. The van der Waals surface area contributed by atoms with Crippen molar-refractivity contribution in [3.8, 4) is 22.9 Å². The summed E-state index contributed by atoms with van der Waals surface area (Å²) in [7, 11) is 0. The largest absolute Gasteiger partial charge is 0.307 e. The maximum atomic E-state index is 5.45. The molecule has 4 aromatic heterocycles. The minimum absolute atomic E-state index is 0.661. The molecule has 7 aromatic carbocycles. The van der Waals surface area contributed by atoms with E-state index in [0.717, 1.165) is 44.4 Å². The fourth-order valence-electron chi connectivity index (χ4n) is 7.91. The van der Waals surface area contributed by atoms with Gasteiger partial charge >= 0.3 is 0 Å². The fraction of sp³-hybridized carbons (Fsp3) is 0. The van der Waals surface area contributed by atoms with Crippen molar-refractivity contribution in [3.63, 3.8) is 0 Å². The van der Waals surface area contributed by atoms with E-state index in [-0.39, 0.29) is 0 Å². The molecule has 4 heterocycles. The van der Waals surface area contributed by atoms with E-state index in [1.165, 1.54) is 47.2 Å². The molecule has 0 amide bonds. The van der Waals surface area contributed by atoms with Gasteiger partial charge in [-0.3, -0.25) is 4.57 Å². The summed E-state index contributed by atoms with van der Waals surface area (Å²) in [6.45, 7) is 0. The second kappa shape index (κ2) is 10.1. The van der Waals surface area contributed by atoms with Gasteiger partial charge in [0.1, 0.15) is 0 Å². The Labute approximate surface area is 284 Å². The SMILES string of the molecule is c1ccc(-c2nc(-n3c4ccccc4c4c5c6ccccc6sc5c5c6ccccc6n(-c6ccccc6)c5c43)nc3ccccc23)cc1. The van der Waals surface area contributed by atoms with Gasteiger partial charge in [0.25, 0.3) is 0 Å². The van der Waals surface area contributed by atoms with E-state index in [2.05, 4.69) is 167 Å². The van der Waals surface area contributed by atoms with Gasteiger partial charge in [0.2, 0.25) is 5.95 Å². The molecule has 0 fully saturated rings. The monoisotopic (exact) mass is 642 g/mol. The molecule has 0 saturated carbocycles. The van der Waals surface area contributed by atoms with Crippen LogP contribution in [0.15, 0.2) is 158 Å². The molecule has 11 rings (SSSR count). The number of hydrogen-bond donors (Lipinski definition) is 0.